The Hall–Kier alpha value is -0.970. The van der Waals surface area contributed by atoms with E-state index >= 15 is 0 Å². The molecule has 0 aromatic heterocycles. The molecule has 0 aliphatic carbocycles. The maximum atomic E-state index is 12.8. The lowest BCUT2D eigenvalue weighted by Gasteiger charge is -2.42. The van der Waals surface area contributed by atoms with E-state index in [1.165, 1.54) is 7.11 Å². The Morgan fingerprint density at radius 2 is 2.00 bits per heavy atom. The van der Waals surface area contributed by atoms with Crippen molar-refractivity contribution in [2.45, 2.75) is 19.4 Å². The summed E-state index contributed by atoms with van der Waals surface area (Å²) in [5.41, 5.74) is -0.0944. The van der Waals surface area contributed by atoms with Crippen molar-refractivity contribution in [3.05, 3.63) is 27.7 Å². The number of rotatable bonds is 2. The number of carbonyl (C=O) groups is 1. The smallest absolute Gasteiger partial charge is 0.259 e. The maximum Gasteiger partial charge on any atom is 0.259 e. The lowest BCUT2D eigenvalue weighted by atomic mass is 10.0. The molecule has 0 bridgehead atoms. The Morgan fingerprint density at radius 1 is 1.35 bits per heavy atom. The summed E-state index contributed by atoms with van der Waals surface area (Å²) in [4.78, 5) is 14.6. The summed E-state index contributed by atoms with van der Waals surface area (Å²) in [7, 11) is 1.47. The number of hydrogen-bond acceptors (Lipinski definition) is 3. The second kappa shape index (κ2) is 5.80. The first-order valence-corrected chi connectivity index (χ1v) is 7.06. The Morgan fingerprint density at radius 3 is 2.60 bits per heavy atom. The molecule has 0 unspecified atom stereocenters. The van der Waals surface area contributed by atoms with Crippen LogP contribution in [0.1, 0.15) is 24.2 Å². The van der Waals surface area contributed by atoms with Crippen LogP contribution in [0.25, 0.3) is 0 Å². The molecule has 0 atom stereocenters. The quantitative estimate of drug-likeness (QED) is 0.840. The largest absolute Gasteiger partial charge is 0.494 e. The molecular weight excluding hydrogens is 301 g/mol. The molecule has 2 rings (SSSR count). The third-order valence-corrected chi connectivity index (χ3v) is 3.98. The van der Waals surface area contributed by atoms with Crippen LogP contribution in [0.3, 0.4) is 0 Å². The van der Waals surface area contributed by atoms with Crippen LogP contribution in [0.2, 0.25) is 10.0 Å². The molecule has 1 heterocycles. The number of morpholine rings is 1. The van der Waals surface area contributed by atoms with E-state index in [0.29, 0.717) is 41.1 Å². The number of nitrogens with zero attached hydrogens (tertiary/aromatic N) is 1. The first kappa shape index (κ1) is 15.4. The van der Waals surface area contributed by atoms with Gasteiger partial charge in [-0.15, -0.1) is 0 Å². The fraction of sp³-hybridized carbons (Fsp3) is 0.500. The first-order valence-electron chi connectivity index (χ1n) is 6.30. The van der Waals surface area contributed by atoms with Gasteiger partial charge in [0.2, 0.25) is 0 Å². The minimum absolute atomic E-state index is 0.192. The molecule has 0 radical (unpaired) electrons. The average Bonchev–Trinajstić information content (AvgIpc) is 2.39. The first-order chi connectivity index (χ1) is 9.38. The van der Waals surface area contributed by atoms with Crippen molar-refractivity contribution in [2.75, 3.05) is 26.9 Å². The highest BCUT2D eigenvalue weighted by Crippen LogP contribution is 2.36. The Kier molecular flexibility index (Phi) is 4.47. The summed E-state index contributed by atoms with van der Waals surface area (Å²) in [6.45, 7) is 5.41. The highest BCUT2D eigenvalue weighted by Gasteiger charge is 2.36. The fourth-order valence-corrected chi connectivity index (χ4v) is 2.77. The van der Waals surface area contributed by atoms with E-state index in [0.717, 1.165) is 0 Å². The predicted molar refractivity (Wildman–Crippen MR) is 78.9 cm³/mol. The normalized spacial score (nSPS) is 17.9. The van der Waals surface area contributed by atoms with Crippen LogP contribution < -0.4 is 4.74 Å². The molecule has 0 N–H and O–H groups in total. The summed E-state index contributed by atoms with van der Waals surface area (Å²) in [5.74, 6) is 0.120. The van der Waals surface area contributed by atoms with Crippen molar-refractivity contribution in [1.29, 1.82) is 0 Å². The van der Waals surface area contributed by atoms with Crippen molar-refractivity contribution in [1.82, 2.24) is 4.90 Å². The molecule has 4 nitrogen and oxygen atoms in total. The SMILES string of the molecule is COc1c(Cl)ccc(Cl)c1C(=O)N1CCOCC1(C)C. The lowest BCUT2D eigenvalue weighted by molar-refractivity contribution is -0.0371. The van der Waals surface area contributed by atoms with Gasteiger partial charge in [0.1, 0.15) is 5.56 Å². The van der Waals surface area contributed by atoms with Gasteiger partial charge in [0, 0.05) is 6.54 Å². The molecule has 20 heavy (non-hydrogen) atoms. The molecule has 1 aliphatic heterocycles. The molecule has 0 spiro atoms. The van der Waals surface area contributed by atoms with E-state index < -0.39 is 5.54 Å². The monoisotopic (exact) mass is 317 g/mol. The zero-order valence-electron chi connectivity index (χ0n) is 11.7. The highest BCUT2D eigenvalue weighted by atomic mass is 35.5. The van der Waals surface area contributed by atoms with Crippen LogP contribution >= 0.6 is 23.2 Å². The zero-order chi connectivity index (χ0) is 14.9. The van der Waals surface area contributed by atoms with E-state index in [4.69, 9.17) is 32.7 Å². The second-order valence-electron chi connectivity index (χ2n) is 5.26. The zero-order valence-corrected chi connectivity index (χ0v) is 13.2. The van der Waals surface area contributed by atoms with Crippen LogP contribution in [-0.2, 0) is 4.74 Å². The van der Waals surface area contributed by atoms with Gasteiger partial charge in [0.05, 0.1) is 35.9 Å². The van der Waals surface area contributed by atoms with Crippen LogP contribution in [-0.4, -0.2) is 43.2 Å². The number of halogens is 2. The van der Waals surface area contributed by atoms with E-state index in [1.54, 1.807) is 17.0 Å². The highest BCUT2D eigenvalue weighted by molar-refractivity contribution is 6.37. The Labute approximate surface area is 128 Å². The summed E-state index contributed by atoms with van der Waals surface area (Å²) < 4.78 is 10.7. The summed E-state index contributed by atoms with van der Waals surface area (Å²) in [5, 5.41) is 0.699. The summed E-state index contributed by atoms with van der Waals surface area (Å²) in [6.07, 6.45) is 0. The average molecular weight is 318 g/mol. The minimum atomic E-state index is -0.397. The Balaban J connectivity index is 2.45. The predicted octanol–water partition coefficient (Wildman–Crippen LogP) is 3.25. The molecule has 1 amide bonds. The summed E-state index contributed by atoms with van der Waals surface area (Å²) >= 11 is 12.2. The third-order valence-electron chi connectivity index (χ3n) is 3.37. The van der Waals surface area contributed by atoms with Gasteiger partial charge >= 0.3 is 0 Å². The van der Waals surface area contributed by atoms with Crippen molar-refractivity contribution in [2.24, 2.45) is 0 Å². The van der Waals surface area contributed by atoms with Crippen LogP contribution in [0.5, 0.6) is 5.75 Å². The third kappa shape index (κ3) is 2.73. The van der Waals surface area contributed by atoms with E-state index in [9.17, 15) is 4.79 Å². The maximum absolute atomic E-state index is 12.8. The molecular formula is C14H17Cl2NO3. The molecule has 6 heteroatoms. The summed E-state index contributed by atoms with van der Waals surface area (Å²) in [6, 6.07) is 3.22. The van der Waals surface area contributed by atoms with Crippen LogP contribution in [0.15, 0.2) is 12.1 Å². The van der Waals surface area contributed by atoms with Gasteiger partial charge in [-0.25, -0.2) is 0 Å². The molecule has 1 saturated heterocycles. The van der Waals surface area contributed by atoms with Gasteiger partial charge in [0.25, 0.3) is 5.91 Å². The number of benzene rings is 1. The van der Waals surface area contributed by atoms with E-state index in [-0.39, 0.29) is 5.91 Å². The molecule has 1 aliphatic rings. The standard InChI is InChI=1S/C14H17Cl2NO3/c1-14(2)8-20-7-6-17(14)13(18)11-9(15)4-5-10(16)12(11)19-3/h4-5H,6-8H2,1-3H3. The van der Waals surface area contributed by atoms with Gasteiger partial charge in [-0.2, -0.15) is 0 Å². The molecule has 0 saturated carbocycles. The minimum Gasteiger partial charge on any atom is -0.494 e. The van der Waals surface area contributed by atoms with E-state index in [1.807, 2.05) is 13.8 Å². The topological polar surface area (TPSA) is 38.8 Å². The number of hydrogen-bond donors (Lipinski definition) is 0. The van der Waals surface area contributed by atoms with Gasteiger partial charge in [-0.05, 0) is 26.0 Å². The second-order valence-corrected chi connectivity index (χ2v) is 6.07. The van der Waals surface area contributed by atoms with Crippen molar-refractivity contribution in [3.8, 4) is 5.75 Å². The van der Waals surface area contributed by atoms with Gasteiger partial charge < -0.3 is 14.4 Å². The van der Waals surface area contributed by atoms with Gasteiger partial charge in [-0.3, -0.25) is 4.79 Å². The van der Waals surface area contributed by atoms with Crippen LogP contribution in [0.4, 0.5) is 0 Å². The molecule has 1 aromatic carbocycles. The Bertz CT molecular complexity index is 531. The van der Waals surface area contributed by atoms with Gasteiger partial charge in [-0.1, -0.05) is 23.2 Å². The van der Waals surface area contributed by atoms with Crippen molar-refractivity contribution >= 4 is 29.1 Å². The number of ether oxygens (including phenoxy) is 2. The van der Waals surface area contributed by atoms with Crippen molar-refractivity contribution < 1.29 is 14.3 Å². The molecule has 1 aromatic rings. The van der Waals surface area contributed by atoms with Crippen LogP contribution in [0, 0.1) is 0 Å². The molecule has 110 valence electrons. The lowest BCUT2D eigenvalue weighted by Crippen LogP contribution is -2.55. The number of amides is 1. The number of carbonyl (C=O) groups excluding carboxylic acids is 1. The number of methoxy groups -OCH3 is 1. The fourth-order valence-electron chi connectivity index (χ4n) is 2.30. The molecule has 1 fully saturated rings. The van der Waals surface area contributed by atoms with E-state index in [2.05, 4.69) is 0 Å². The van der Waals surface area contributed by atoms with Gasteiger partial charge in [0.15, 0.2) is 5.75 Å². The van der Waals surface area contributed by atoms with Crippen molar-refractivity contribution in [3.63, 3.8) is 0 Å².